The van der Waals surface area contributed by atoms with E-state index in [-0.39, 0.29) is 12.4 Å². The molecular formula is C15H22Cl2N2. The number of aromatic amines is 1. The minimum absolute atomic E-state index is 0. The number of hydrogen-bond acceptors (Lipinski definition) is 1. The Morgan fingerprint density at radius 3 is 2.68 bits per heavy atom. The highest BCUT2D eigenvalue weighted by atomic mass is 35.5. The average Bonchev–Trinajstić information content (AvgIpc) is 2.72. The number of unbranched alkanes of at least 4 members (excludes halogenated alkanes) is 3. The van der Waals surface area contributed by atoms with Crippen molar-refractivity contribution in [3.63, 3.8) is 0 Å². The minimum atomic E-state index is 0. The molecule has 0 aliphatic carbocycles. The average molecular weight is 301 g/mol. The molecule has 1 aromatic carbocycles. The Balaban J connectivity index is 0.00000180. The first-order valence-electron chi connectivity index (χ1n) is 6.75. The predicted octanol–water partition coefficient (Wildman–Crippen LogP) is 4.82. The maximum Gasteiger partial charge on any atom is 0.0460 e. The summed E-state index contributed by atoms with van der Waals surface area (Å²) in [6, 6.07) is 6.00. The van der Waals surface area contributed by atoms with Gasteiger partial charge in [0, 0.05) is 28.2 Å². The van der Waals surface area contributed by atoms with E-state index < -0.39 is 0 Å². The Labute approximate surface area is 126 Å². The zero-order chi connectivity index (χ0) is 13.0. The van der Waals surface area contributed by atoms with Gasteiger partial charge in [0.25, 0.3) is 0 Å². The van der Waals surface area contributed by atoms with Crippen LogP contribution < -0.4 is 5.73 Å². The standard InChI is InChI=1S/C15H21ClN2.ClH/c1-2-3-4-5-6-12-13-9-11(16)7-8-14(13)18-15(12)10-17;/h7-9,18H,2-6,10,17H2,1H3;1H. The van der Waals surface area contributed by atoms with Gasteiger partial charge < -0.3 is 10.7 Å². The smallest absolute Gasteiger partial charge is 0.0460 e. The zero-order valence-corrected chi connectivity index (χ0v) is 12.9. The molecule has 0 unspecified atom stereocenters. The van der Waals surface area contributed by atoms with Gasteiger partial charge in [-0.25, -0.2) is 0 Å². The highest BCUT2D eigenvalue weighted by Gasteiger charge is 2.10. The number of benzene rings is 1. The summed E-state index contributed by atoms with van der Waals surface area (Å²) in [6.07, 6.45) is 6.17. The number of nitrogens with one attached hydrogen (secondary N) is 1. The van der Waals surface area contributed by atoms with Crippen LogP contribution in [0.4, 0.5) is 0 Å². The summed E-state index contributed by atoms with van der Waals surface area (Å²) in [6.45, 7) is 2.80. The van der Waals surface area contributed by atoms with E-state index in [0.29, 0.717) is 6.54 Å². The van der Waals surface area contributed by atoms with E-state index in [2.05, 4.69) is 11.9 Å². The van der Waals surface area contributed by atoms with Crippen molar-refractivity contribution in [3.05, 3.63) is 34.5 Å². The monoisotopic (exact) mass is 300 g/mol. The molecule has 0 spiro atoms. The van der Waals surface area contributed by atoms with Gasteiger partial charge in [-0.3, -0.25) is 0 Å². The minimum Gasteiger partial charge on any atom is -0.357 e. The summed E-state index contributed by atoms with van der Waals surface area (Å²) in [7, 11) is 0. The quantitative estimate of drug-likeness (QED) is 0.738. The Morgan fingerprint density at radius 2 is 2.00 bits per heavy atom. The molecule has 1 heterocycles. The molecule has 0 radical (unpaired) electrons. The first-order chi connectivity index (χ1) is 8.76. The first-order valence-corrected chi connectivity index (χ1v) is 7.13. The van der Waals surface area contributed by atoms with Gasteiger partial charge >= 0.3 is 0 Å². The molecular weight excluding hydrogens is 279 g/mol. The van der Waals surface area contributed by atoms with E-state index in [1.807, 2.05) is 18.2 Å². The van der Waals surface area contributed by atoms with Crippen LogP contribution in [0, 0.1) is 0 Å². The number of aromatic nitrogens is 1. The summed E-state index contributed by atoms with van der Waals surface area (Å²) in [4.78, 5) is 3.40. The summed E-state index contributed by atoms with van der Waals surface area (Å²) in [5.74, 6) is 0. The number of aryl methyl sites for hydroxylation is 1. The predicted molar refractivity (Wildman–Crippen MR) is 86.3 cm³/mol. The molecule has 1 aromatic heterocycles. The van der Waals surface area contributed by atoms with Crippen molar-refractivity contribution >= 4 is 34.9 Å². The fraction of sp³-hybridized carbons (Fsp3) is 0.467. The van der Waals surface area contributed by atoms with Gasteiger partial charge in [-0.2, -0.15) is 0 Å². The lowest BCUT2D eigenvalue weighted by Gasteiger charge is -2.03. The Morgan fingerprint density at radius 1 is 1.21 bits per heavy atom. The van der Waals surface area contributed by atoms with Crippen molar-refractivity contribution in [2.75, 3.05) is 0 Å². The second kappa shape index (κ2) is 7.78. The second-order valence-corrected chi connectivity index (χ2v) is 5.22. The number of hydrogen-bond donors (Lipinski definition) is 2. The summed E-state index contributed by atoms with van der Waals surface area (Å²) in [5, 5.41) is 2.03. The maximum atomic E-state index is 6.08. The van der Waals surface area contributed by atoms with Gasteiger partial charge in [-0.1, -0.05) is 37.8 Å². The third kappa shape index (κ3) is 3.88. The number of fused-ring (bicyclic) bond motifs is 1. The van der Waals surface area contributed by atoms with E-state index >= 15 is 0 Å². The normalized spacial score (nSPS) is 10.7. The van der Waals surface area contributed by atoms with Crippen molar-refractivity contribution in [1.82, 2.24) is 4.98 Å². The molecule has 0 amide bonds. The molecule has 2 nitrogen and oxygen atoms in total. The van der Waals surface area contributed by atoms with Crippen molar-refractivity contribution in [2.24, 2.45) is 5.73 Å². The summed E-state index contributed by atoms with van der Waals surface area (Å²) in [5.41, 5.74) is 9.47. The SMILES string of the molecule is CCCCCCc1c(CN)[nH]c2ccc(Cl)cc12.Cl. The van der Waals surface area contributed by atoms with E-state index in [1.54, 1.807) is 0 Å². The van der Waals surface area contributed by atoms with Crippen molar-refractivity contribution in [2.45, 2.75) is 45.6 Å². The number of halogens is 2. The van der Waals surface area contributed by atoms with Crippen molar-refractivity contribution in [3.8, 4) is 0 Å². The van der Waals surface area contributed by atoms with E-state index in [1.165, 1.54) is 36.6 Å². The molecule has 0 fully saturated rings. The molecule has 0 saturated heterocycles. The largest absolute Gasteiger partial charge is 0.357 e. The van der Waals surface area contributed by atoms with Crippen LogP contribution in [0.15, 0.2) is 18.2 Å². The molecule has 0 bridgehead atoms. The lowest BCUT2D eigenvalue weighted by atomic mass is 10.0. The lowest BCUT2D eigenvalue weighted by molar-refractivity contribution is 0.665. The van der Waals surface area contributed by atoms with Crippen LogP contribution >= 0.6 is 24.0 Å². The van der Waals surface area contributed by atoms with Gasteiger partial charge in [0.1, 0.15) is 0 Å². The Bertz CT molecular complexity index is 520. The van der Waals surface area contributed by atoms with Crippen LogP contribution in [0.25, 0.3) is 10.9 Å². The van der Waals surface area contributed by atoms with Gasteiger partial charge in [0.05, 0.1) is 0 Å². The van der Waals surface area contributed by atoms with Crippen LogP contribution in [0.2, 0.25) is 5.02 Å². The Kier molecular flexibility index (Phi) is 6.70. The zero-order valence-electron chi connectivity index (χ0n) is 11.3. The van der Waals surface area contributed by atoms with Gasteiger partial charge in [-0.15, -0.1) is 12.4 Å². The van der Waals surface area contributed by atoms with E-state index in [0.717, 1.165) is 22.7 Å². The fourth-order valence-corrected chi connectivity index (χ4v) is 2.64. The third-order valence-electron chi connectivity index (χ3n) is 3.44. The highest BCUT2D eigenvalue weighted by Crippen LogP contribution is 2.27. The lowest BCUT2D eigenvalue weighted by Crippen LogP contribution is -2.00. The molecule has 0 aliphatic heterocycles. The number of rotatable bonds is 6. The Hall–Kier alpha value is -0.700. The van der Waals surface area contributed by atoms with Gasteiger partial charge in [-0.05, 0) is 36.6 Å². The van der Waals surface area contributed by atoms with Gasteiger partial charge in [0.2, 0.25) is 0 Å². The van der Waals surface area contributed by atoms with Crippen LogP contribution in [0.3, 0.4) is 0 Å². The molecule has 106 valence electrons. The third-order valence-corrected chi connectivity index (χ3v) is 3.68. The molecule has 2 aromatic rings. The molecule has 0 saturated carbocycles. The molecule has 0 aliphatic rings. The molecule has 3 N–H and O–H groups in total. The van der Waals surface area contributed by atoms with Crippen molar-refractivity contribution < 1.29 is 0 Å². The first kappa shape index (κ1) is 16.4. The summed E-state index contributed by atoms with van der Waals surface area (Å²) < 4.78 is 0. The van der Waals surface area contributed by atoms with Crippen LogP contribution in [-0.4, -0.2) is 4.98 Å². The maximum absolute atomic E-state index is 6.08. The molecule has 0 atom stereocenters. The van der Waals surface area contributed by atoms with Crippen LogP contribution in [0.5, 0.6) is 0 Å². The highest BCUT2D eigenvalue weighted by molar-refractivity contribution is 6.31. The summed E-state index contributed by atoms with van der Waals surface area (Å²) >= 11 is 6.08. The fourth-order valence-electron chi connectivity index (χ4n) is 2.46. The van der Waals surface area contributed by atoms with Crippen LogP contribution in [0.1, 0.15) is 43.9 Å². The van der Waals surface area contributed by atoms with E-state index in [9.17, 15) is 0 Å². The van der Waals surface area contributed by atoms with Crippen LogP contribution in [-0.2, 0) is 13.0 Å². The molecule has 19 heavy (non-hydrogen) atoms. The van der Waals surface area contributed by atoms with Crippen molar-refractivity contribution in [1.29, 1.82) is 0 Å². The number of nitrogens with two attached hydrogens (primary N) is 1. The molecule has 2 rings (SSSR count). The topological polar surface area (TPSA) is 41.8 Å². The van der Waals surface area contributed by atoms with E-state index in [4.69, 9.17) is 17.3 Å². The number of H-pyrrole nitrogens is 1. The van der Waals surface area contributed by atoms with Gasteiger partial charge in [0.15, 0.2) is 0 Å². The second-order valence-electron chi connectivity index (χ2n) is 4.79. The molecule has 4 heteroatoms.